The molecule has 0 radical (unpaired) electrons. The third-order valence-electron chi connectivity index (χ3n) is 18.5. The molecule has 0 N–H and O–H groups in total. The van der Waals surface area contributed by atoms with Gasteiger partial charge in [0.25, 0.3) is 6.71 Å². The molecule has 0 aliphatic carbocycles. The highest BCUT2D eigenvalue weighted by Gasteiger charge is 2.44. The van der Waals surface area contributed by atoms with Gasteiger partial charge >= 0.3 is 0 Å². The van der Waals surface area contributed by atoms with E-state index in [1.54, 1.807) is 0 Å². The van der Waals surface area contributed by atoms with Gasteiger partial charge in [-0.1, -0.05) is 219 Å². The van der Waals surface area contributed by atoms with Crippen LogP contribution in [0, 0.1) is 0 Å². The topological polar surface area (TPSA) is 22.3 Å². The van der Waals surface area contributed by atoms with E-state index in [2.05, 4.69) is 318 Å². The highest BCUT2D eigenvalue weighted by atomic mass is 16.5. The SMILES string of the molecule is CC(C)(C)c1cc2c3c(c1)N(c1c(-c4ccccc4)cccc1-c1ccccc1)c1cc(-n4c5ccc(C(C)(C)C)cc5c5cc(C(C)(C)C)ccc54)ccc1B3c1ccc(-n3c4ccc(C(C)(C)C)cc4c4cc(C(C)(C)C)ccc43)cc1O2. The maximum Gasteiger partial charge on any atom is 0.256 e. The minimum atomic E-state index is -0.219. The molecule has 0 unspecified atom stereocenters. The molecule has 0 saturated carbocycles. The summed E-state index contributed by atoms with van der Waals surface area (Å²) in [7, 11) is 0. The molecule has 422 valence electrons. The molecule has 85 heavy (non-hydrogen) atoms. The van der Waals surface area contributed by atoms with Gasteiger partial charge in [-0.2, -0.15) is 0 Å². The third kappa shape index (κ3) is 8.94. The van der Waals surface area contributed by atoms with Crippen molar-refractivity contribution < 1.29 is 4.74 Å². The second-order valence-electron chi connectivity index (χ2n) is 29.5. The number of aromatic nitrogens is 2. The van der Waals surface area contributed by atoms with E-state index in [4.69, 9.17) is 4.74 Å². The van der Waals surface area contributed by atoms with Gasteiger partial charge in [0.15, 0.2) is 0 Å². The zero-order valence-corrected chi connectivity index (χ0v) is 52.4. The number of nitrogens with zero attached hydrogens (tertiary/aromatic N) is 3. The Morgan fingerprint density at radius 2 is 0.718 bits per heavy atom. The number of hydrogen-bond donors (Lipinski definition) is 0. The van der Waals surface area contributed by atoms with Gasteiger partial charge in [0.2, 0.25) is 0 Å². The molecule has 2 aliphatic heterocycles. The molecular weight excluding hydrogens is 1030 g/mol. The summed E-state index contributed by atoms with van der Waals surface area (Å²) in [4.78, 5) is 2.62. The summed E-state index contributed by atoms with van der Waals surface area (Å²) in [6.07, 6.45) is 0. The first-order valence-corrected chi connectivity index (χ1v) is 30.7. The summed E-state index contributed by atoms with van der Waals surface area (Å²) in [5.74, 6) is 1.78. The Balaban J connectivity index is 1.07. The molecule has 5 heteroatoms. The number of anilines is 3. The Bertz CT molecular complexity index is 4490. The van der Waals surface area contributed by atoms with E-state index in [9.17, 15) is 0 Å². The quantitative estimate of drug-likeness (QED) is 0.160. The number of fused-ring (bicyclic) bond motifs is 10. The van der Waals surface area contributed by atoms with Gasteiger partial charge in [0.05, 0.1) is 27.8 Å². The lowest BCUT2D eigenvalue weighted by molar-refractivity contribution is 0.483. The van der Waals surface area contributed by atoms with Crippen LogP contribution in [0.2, 0.25) is 0 Å². The molecule has 0 bridgehead atoms. The van der Waals surface area contributed by atoms with Crippen molar-refractivity contribution in [2.45, 2.75) is 131 Å². The molecule has 0 saturated heterocycles. The van der Waals surface area contributed by atoms with Gasteiger partial charge in [-0.15, -0.1) is 0 Å². The fourth-order valence-corrected chi connectivity index (χ4v) is 13.6. The second kappa shape index (κ2) is 19.0. The molecule has 0 fully saturated rings. The van der Waals surface area contributed by atoms with Crippen molar-refractivity contribution in [3.63, 3.8) is 0 Å². The van der Waals surface area contributed by atoms with Crippen molar-refractivity contribution in [1.82, 2.24) is 9.13 Å². The first-order chi connectivity index (χ1) is 40.3. The van der Waals surface area contributed by atoms with Gasteiger partial charge < -0.3 is 18.8 Å². The van der Waals surface area contributed by atoms with Crippen molar-refractivity contribution in [2.75, 3.05) is 4.90 Å². The smallest absolute Gasteiger partial charge is 0.256 e. The first kappa shape index (κ1) is 54.4. The Hall–Kier alpha value is -8.54. The Labute approximate surface area is 503 Å². The Kier molecular flexibility index (Phi) is 12.2. The number of hydrogen-bond acceptors (Lipinski definition) is 2. The lowest BCUT2D eigenvalue weighted by atomic mass is 9.34. The minimum Gasteiger partial charge on any atom is -0.458 e. The highest BCUT2D eigenvalue weighted by molar-refractivity contribution is 6.99. The molecule has 2 aliphatic rings. The summed E-state index contributed by atoms with van der Waals surface area (Å²) in [5, 5.41) is 5.09. The van der Waals surface area contributed by atoms with Crippen molar-refractivity contribution in [2.24, 2.45) is 0 Å². The zero-order chi connectivity index (χ0) is 59.4. The van der Waals surface area contributed by atoms with E-state index in [0.29, 0.717) is 0 Å². The van der Waals surface area contributed by atoms with E-state index in [0.717, 1.165) is 67.7 Å². The number of para-hydroxylation sites is 1. The molecule has 14 rings (SSSR count). The van der Waals surface area contributed by atoms with E-state index in [1.807, 2.05) is 0 Å². The van der Waals surface area contributed by atoms with E-state index in [1.165, 1.54) is 82.4 Å². The van der Waals surface area contributed by atoms with Crippen LogP contribution < -0.4 is 26.0 Å². The summed E-state index contributed by atoms with van der Waals surface area (Å²) in [5.41, 5.74) is 24.8. The largest absolute Gasteiger partial charge is 0.458 e. The molecule has 0 amide bonds. The lowest BCUT2D eigenvalue weighted by Crippen LogP contribution is -2.59. The van der Waals surface area contributed by atoms with Crippen LogP contribution in [-0.2, 0) is 27.1 Å². The number of benzene rings is 10. The maximum atomic E-state index is 7.58. The Morgan fingerprint density at radius 1 is 0.318 bits per heavy atom. The van der Waals surface area contributed by atoms with Crippen molar-refractivity contribution >= 4 is 83.8 Å². The van der Waals surface area contributed by atoms with Crippen LogP contribution in [0.15, 0.2) is 200 Å². The number of rotatable bonds is 5. The molecule has 2 aromatic heterocycles. The fourth-order valence-electron chi connectivity index (χ4n) is 13.6. The van der Waals surface area contributed by atoms with Crippen LogP contribution in [0.4, 0.5) is 17.1 Å². The van der Waals surface area contributed by atoms with E-state index in [-0.39, 0.29) is 33.8 Å². The van der Waals surface area contributed by atoms with Crippen molar-refractivity contribution in [1.29, 1.82) is 0 Å². The molecule has 4 heterocycles. The van der Waals surface area contributed by atoms with Gasteiger partial charge in [-0.25, -0.2) is 0 Å². The zero-order valence-electron chi connectivity index (χ0n) is 52.4. The van der Waals surface area contributed by atoms with Crippen LogP contribution in [0.5, 0.6) is 11.5 Å². The minimum absolute atomic E-state index is 0.00278. The standard InChI is InChI=1S/C80H78BN3O/c1-76(2,3)51-29-37-66-60(41-51)61-42-52(77(4,5)6)30-38-67(61)82(66)56-33-35-64-70(47-56)84(75-58(49-23-18-16-19-24-49)27-22-28-59(75)50-25-20-17-21-26-50)71-45-55(80(13,14)15)46-73-74(71)81(64)65-36-34-57(48-72(65)85-73)83-68-39-31-53(78(7,8)9)43-62(68)63-44-54(79(10,11)12)32-40-69(63)83/h16-48H,1-15H3. The summed E-state index contributed by atoms with van der Waals surface area (Å²) in [6, 6.07) is 76.6. The predicted octanol–water partition coefficient (Wildman–Crippen LogP) is 20.1. The first-order valence-electron chi connectivity index (χ1n) is 30.7. The van der Waals surface area contributed by atoms with Gasteiger partial charge in [0.1, 0.15) is 11.5 Å². The fraction of sp³-hybridized carbons (Fsp3) is 0.250. The van der Waals surface area contributed by atoms with Crippen LogP contribution in [-0.4, -0.2) is 15.8 Å². The van der Waals surface area contributed by atoms with Crippen molar-refractivity contribution in [3.05, 3.63) is 228 Å². The normalized spacial score (nSPS) is 13.6. The molecular formula is C80H78BN3O. The van der Waals surface area contributed by atoms with Crippen LogP contribution in [0.25, 0.3) is 77.2 Å². The average molecular weight is 1110 g/mol. The van der Waals surface area contributed by atoms with Crippen LogP contribution >= 0.6 is 0 Å². The third-order valence-corrected chi connectivity index (χ3v) is 18.5. The monoisotopic (exact) mass is 1110 g/mol. The van der Waals surface area contributed by atoms with Crippen LogP contribution in [0.1, 0.15) is 132 Å². The lowest BCUT2D eigenvalue weighted by Gasteiger charge is -2.42. The Morgan fingerprint density at radius 3 is 1.13 bits per heavy atom. The van der Waals surface area contributed by atoms with Gasteiger partial charge in [-0.3, -0.25) is 0 Å². The van der Waals surface area contributed by atoms with Crippen molar-refractivity contribution in [3.8, 4) is 45.1 Å². The van der Waals surface area contributed by atoms with Gasteiger partial charge in [-0.05, 0) is 161 Å². The predicted molar refractivity (Wildman–Crippen MR) is 365 cm³/mol. The maximum absolute atomic E-state index is 7.58. The summed E-state index contributed by atoms with van der Waals surface area (Å²) < 4.78 is 12.6. The number of ether oxygens (including phenoxy) is 1. The highest BCUT2D eigenvalue weighted by Crippen LogP contribution is 2.51. The molecule has 0 spiro atoms. The van der Waals surface area contributed by atoms with E-state index >= 15 is 0 Å². The second-order valence-corrected chi connectivity index (χ2v) is 29.5. The average Bonchev–Trinajstić information content (AvgIpc) is 1.35. The molecule has 10 aromatic carbocycles. The summed E-state index contributed by atoms with van der Waals surface area (Å²) >= 11 is 0. The summed E-state index contributed by atoms with van der Waals surface area (Å²) in [6.45, 7) is 34.6. The van der Waals surface area contributed by atoms with Crippen LogP contribution in [0.3, 0.4) is 0 Å². The van der Waals surface area contributed by atoms with Gasteiger partial charge in [0, 0.05) is 61.5 Å². The van der Waals surface area contributed by atoms with E-state index < -0.39 is 0 Å². The molecule has 12 aromatic rings. The molecule has 0 atom stereocenters. The molecule has 4 nitrogen and oxygen atoms in total.